The summed E-state index contributed by atoms with van der Waals surface area (Å²) in [5, 5.41) is 12.1. The highest BCUT2D eigenvalue weighted by molar-refractivity contribution is 5.94. The van der Waals surface area contributed by atoms with E-state index in [2.05, 4.69) is 19.2 Å². The summed E-state index contributed by atoms with van der Waals surface area (Å²) in [5.41, 5.74) is 6.97. The van der Waals surface area contributed by atoms with Crippen LogP contribution < -0.4 is 11.1 Å². The zero-order valence-corrected chi connectivity index (χ0v) is 10.4. The molecular weight excluding hydrogens is 216 g/mol. The second kappa shape index (κ2) is 6.13. The first-order chi connectivity index (χ1) is 8.00. The predicted molar refractivity (Wildman–Crippen MR) is 70.4 cm³/mol. The molecule has 0 unspecified atom stereocenters. The van der Waals surface area contributed by atoms with Gasteiger partial charge in [0.2, 0.25) is 0 Å². The fourth-order valence-corrected chi connectivity index (χ4v) is 1.61. The number of nitrogens with two attached hydrogens (primary N) is 1. The van der Waals surface area contributed by atoms with E-state index in [1.807, 2.05) is 0 Å². The van der Waals surface area contributed by atoms with E-state index in [4.69, 9.17) is 10.8 Å². The van der Waals surface area contributed by atoms with Gasteiger partial charge in [-0.05, 0) is 37.0 Å². The van der Waals surface area contributed by atoms with Gasteiger partial charge in [-0.15, -0.1) is 0 Å². The van der Waals surface area contributed by atoms with E-state index in [0.717, 1.165) is 18.7 Å². The Labute approximate surface area is 102 Å². The van der Waals surface area contributed by atoms with Gasteiger partial charge in [-0.1, -0.05) is 13.8 Å². The molecule has 0 aliphatic heterocycles. The summed E-state index contributed by atoms with van der Waals surface area (Å²) in [5.74, 6) is -0.287. The molecule has 4 nitrogen and oxygen atoms in total. The third kappa shape index (κ3) is 4.34. The third-order valence-corrected chi connectivity index (χ3v) is 2.57. The largest absolute Gasteiger partial charge is 0.478 e. The first-order valence-corrected chi connectivity index (χ1v) is 5.87. The van der Waals surface area contributed by atoms with Gasteiger partial charge in [0.05, 0.1) is 5.56 Å². The molecule has 0 fully saturated rings. The van der Waals surface area contributed by atoms with E-state index in [0.29, 0.717) is 11.6 Å². The highest BCUT2D eigenvalue weighted by atomic mass is 16.4. The molecule has 1 aromatic rings. The van der Waals surface area contributed by atoms with Gasteiger partial charge in [0, 0.05) is 17.9 Å². The van der Waals surface area contributed by atoms with Crippen LogP contribution in [0.1, 0.15) is 37.0 Å². The summed E-state index contributed by atoms with van der Waals surface area (Å²) in [6.45, 7) is 5.27. The molecule has 0 aliphatic rings. The lowest BCUT2D eigenvalue weighted by Crippen LogP contribution is -2.06. The van der Waals surface area contributed by atoms with E-state index >= 15 is 0 Å². The standard InChI is InChI=1S/C13H20N2O2/c1-9(2)4-3-7-15-10-5-6-11(13(16)17)12(14)8-10/h5-6,8-9,15H,3-4,7,14H2,1-2H3,(H,16,17). The summed E-state index contributed by atoms with van der Waals surface area (Å²) in [7, 11) is 0. The molecule has 0 bridgehead atoms. The molecule has 0 spiro atoms. The zero-order valence-electron chi connectivity index (χ0n) is 10.4. The van der Waals surface area contributed by atoms with Crippen molar-refractivity contribution < 1.29 is 9.90 Å². The fraction of sp³-hybridized carbons (Fsp3) is 0.462. The first-order valence-electron chi connectivity index (χ1n) is 5.87. The van der Waals surface area contributed by atoms with Gasteiger partial charge < -0.3 is 16.2 Å². The number of carbonyl (C=O) groups is 1. The van der Waals surface area contributed by atoms with Gasteiger partial charge in [0.15, 0.2) is 0 Å². The van der Waals surface area contributed by atoms with Crippen LogP contribution in [-0.2, 0) is 0 Å². The highest BCUT2D eigenvalue weighted by Crippen LogP contribution is 2.18. The third-order valence-electron chi connectivity index (χ3n) is 2.57. The average molecular weight is 236 g/mol. The van der Waals surface area contributed by atoms with Gasteiger partial charge in [-0.2, -0.15) is 0 Å². The van der Waals surface area contributed by atoms with Gasteiger partial charge in [0.25, 0.3) is 0 Å². The predicted octanol–water partition coefficient (Wildman–Crippen LogP) is 2.82. The van der Waals surface area contributed by atoms with E-state index in [1.54, 1.807) is 12.1 Å². The first kappa shape index (κ1) is 13.4. The number of hydrogen-bond donors (Lipinski definition) is 3. The van der Waals surface area contributed by atoms with Crippen LogP contribution in [0.25, 0.3) is 0 Å². The van der Waals surface area contributed by atoms with Crippen LogP contribution in [0, 0.1) is 5.92 Å². The molecule has 0 aromatic heterocycles. The van der Waals surface area contributed by atoms with Crippen LogP contribution in [0.5, 0.6) is 0 Å². The number of anilines is 2. The normalized spacial score (nSPS) is 10.5. The Balaban J connectivity index is 2.50. The monoisotopic (exact) mass is 236 g/mol. The van der Waals surface area contributed by atoms with Crippen LogP contribution in [-0.4, -0.2) is 17.6 Å². The van der Waals surface area contributed by atoms with Crippen molar-refractivity contribution in [3.63, 3.8) is 0 Å². The summed E-state index contributed by atoms with van der Waals surface area (Å²) < 4.78 is 0. The molecule has 0 aliphatic carbocycles. The van der Waals surface area contributed by atoms with Crippen LogP contribution >= 0.6 is 0 Å². The number of carboxylic acids is 1. The molecule has 0 heterocycles. The summed E-state index contributed by atoms with van der Waals surface area (Å²) in [4.78, 5) is 10.8. The maximum atomic E-state index is 10.8. The summed E-state index contributed by atoms with van der Waals surface area (Å²) >= 11 is 0. The Kier molecular flexibility index (Phi) is 4.82. The van der Waals surface area contributed by atoms with Gasteiger partial charge in [0.1, 0.15) is 0 Å². The molecule has 0 saturated heterocycles. The van der Waals surface area contributed by atoms with Crippen LogP contribution in [0.2, 0.25) is 0 Å². The number of rotatable bonds is 6. The Hall–Kier alpha value is -1.71. The topological polar surface area (TPSA) is 75.3 Å². The summed E-state index contributed by atoms with van der Waals surface area (Å²) in [6.07, 6.45) is 2.27. The second-order valence-electron chi connectivity index (χ2n) is 4.57. The highest BCUT2D eigenvalue weighted by Gasteiger charge is 2.07. The minimum absolute atomic E-state index is 0.151. The van der Waals surface area contributed by atoms with Crippen molar-refractivity contribution in [2.45, 2.75) is 26.7 Å². The molecular formula is C13H20N2O2. The lowest BCUT2D eigenvalue weighted by molar-refractivity contribution is 0.0698. The minimum atomic E-state index is -0.992. The maximum absolute atomic E-state index is 10.8. The lowest BCUT2D eigenvalue weighted by Gasteiger charge is -2.09. The molecule has 94 valence electrons. The maximum Gasteiger partial charge on any atom is 0.337 e. The molecule has 0 amide bonds. The van der Waals surface area contributed by atoms with Crippen molar-refractivity contribution >= 4 is 17.3 Å². The Morgan fingerprint density at radius 3 is 2.71 bits per heavy atom. The number of hydrogen-bond acceptors (Lipinski definition) is 3. The van der Waals surface area contributed by atoms with Gasteiger partial charge >= 0.3 is 5.97 Å². The van der Waals surface area contributed by atoms with Crippen LogP contribution in [0.3, 0.4) is 0 Å². The smallest absolute Gasteiger partial charge is 0.337 e. The SMILES string of the molecule is CC(C)CCCNc1ccc(C(=O)O)c(N)c1. The molecule has 4 N–H and O–H groups in total. The van der Waals surface area contributed by atoms with E-state index in [-0.39, 0.29) is 5.56 Å². The van der Waals surface area contributed by atoms with Crippen molar-refractivity contribution in [1.29, 1.82) is 0 Å². The number of nitrogen functional groups attached to an aromatic ring is 1. The Bertz CT molecular complexity index is 389. The molecule has 0 atom stereocenters. The van der Waals surface area contributed by atoms with Crippen molar-refractivity contribution in [2.24, 2.45) is 5.92 Å². The van der Waals surface area contributed by atoms with Crippen molar-refractivity contribution in [3.05, 3.63) is 23.8 Å². The van der Waals surface area contributed by atoms with E-state index < -0.39 is 5.97 Å². The molecule has 17 heavy (non-hydrogen) atoms. The van der Waals surface area contributed by atoms with Crippen molar-refractivity contribution in [3.8, 4) is 0 Å². The number of nitrogens with one attached hydrogen (secondary N) is 1. The Morgan fingerprint density at radius 2 is 2.18 bits per heavy atom. The zero-order chi connectivity index (χ0) is 12.8. The van der Waals surface area contributed by atoms with Gasteiger partial charge in [-0.3, -0.25) is 0 Å². The quantitative estimate of drug-likeness (QED) is 0.524. The molecule has 1 rings (SSSR count). The van der Waals surface area contributed by atoms with E-state index in [9.17, 15) is 4.79 Å². The molecule has 0 saturated carbocycles. The molecule has 0 radical (unpaired) electrons. The second-order valence-corrected chi connectivity index (χ2v) is 4.57. The summed E-state index contributed by atoms with van der Waals surface area (Å²) in [6, 6.07) is 4.94. The number of benzene rings is 1. The minimum Gasteiger partial charge on any atom is -0.478 e. The number of aromatic carboxylic acids is 1. The van der Waals surface area contributed by atoms with Crippen LogP contribution in [0.15, 0.2) is 18.2 Å². The average Bonchev–Trinajstić information content (AvgIpc) is 2.23. The van der Waals surface area contributed by atoms with Crippen molar-refractivity contribution in [2.75, 3.05) is 17.6 Å². The number of carboxylic acid groups (broad SMARTS) is 1. The van der Waals surface area contributed by atoms with Crippen LogP contribution in [0.4, 0.5) is 11.4 Å². The van der Waals surface area contributed by atoms with Gasteiger partial charge in [-0.25, -0.2) is 4.79 Å². The van der Waals surface area contributed by atoms with Crippen molar-refractivity contribution in [1.82, 2.24) is 0 Å². The fourth-order valence-electron chi connectivity index (χ4n) is 1.61. The molecule has 4 heteroatoms. The molecule has 1 aromatic carbocycles. The Morgan fingerprint density at radius 1 is 1.47 bits per heavy atom. The lowest BCUT2D eigenvalue weighted by atomic mass is 10.1. The van der Waals surface area contributed by atoms with E-state index in [1.165, 1.54) is 12.5 Å².